The van der Waals surface area contributed by atoms with Gasteiger partial charge in [0, 0.05) is 7.05 Å². The smallest absolute Gasteiger partial charge is 0.266 e. The fourth-order valence-electron chi connectivity index (χ4n) is 2.11. The van der Waals surface area contributed by atoms with E-state index in [0.717, 1.165) is 11.1 Å². The van der Waals surface area contributed by atoms with Gasteiger partial charge in [0.15, 0.2) is 5.17 Å². The number of amidine groups is 1. The van der Waals surface area contributed by atoms with Gasteiger partial charge >= 0.3 is 0 Å². The number of aryl methyl sites for hydroxylation is 1. The van der Waals surface area contributed by atoms with Gasteiger partial charge in [-0.15, -0.1) is 0 Å². The molecule has 1 aliphatic heterocycles. The van der Waals surface area contributed by atoms with Crippen molar-refractivity contribution >= 4 is 34.6 Å². The molecular weight excluding hydrogens is 311 g/mol. The van der Waals surface area contributed by atoms with E-state index in [4.69, 9.17) is 0 Å². The number of halogens is 1. The summed E-state index contributed by atoms with van der Waals surface area (Å²) < 4.78 is 13.7. The number of hydrogen-bond acceptors (Lipinski definition) is 3. The first-order chi connectivity index (χ1) is 11.0. The molecule has 1 heterocycles. The van der Waals surface area contributed by atoms with Crippen molar-refractivity contribution in [2.75, 3.05) is 7.05 Å². The number of hydrogen-bond donors (Lipinski definition) is 0. The third kappa shape index (κ3) is 3.35. The summed E-state index contributed by atoms with van der Waals surface area (Å²) >= 11 is 1.25. The second-order valence-electron chi connectivity index (χ2n) is 5.23. The Morgan fingerprint density at radius 1 is 1.13 bits per heavy atom. The zero-order valence-corrected chi connectivity index (χ0v) is 13.6. The largest absolute Gasteiger partial charge is 0.290 e. The predicted octanol–water partition coefficient (Wildman–Crippen LogP) is 4.37. The molecule has 23 heavy (non-hydrogen) atoms. The minimum Gasteiger partial charge on any atom is -0.290 e. The molecule has 0 aromatic heterocycles. The molecule has 0 unspecified atom stereocenters. The van der Waals surface area contributed by atoms with Crippen LogP contribution >= 0.6 is 11.8 Å². The van der Waals surface area contributed by atoms with Crippen molar-refractivity contribution in [3.8, 4) is 0 Å². The Labute approximate surface area is 138 Å². The van der Waals surface area contributed by atoms with E-state index in [2.05, 4.69) is 4.99 Å². The van der Waals surface area contributed by atoms with Crippen molar-refractivity contribution in [1.82, 2.24) is 4.90 Å². The summed E-state index contributed by atoms with van der Waals surface area (Å²) in [7, 11) is 1.64. The lowest BCUT2D eigenvalue weighted by Crippen LogP contribution is -2.23. The average molecular weight is 326 g/mol. The Morgan fingerprint density at radius 3 is 2.52 bits per heavy atom. The quantitative estimate of drug-likeness (QED) is 0.768. The second kappa shape index (κ2) is 6.38. The number of nitrogens with zero attached hydrogens (tertiary/aromatic N) is 2. The van der Waals surface area contributed by atoms with Crippen LogP contribution in [0.5, 0.6) is 0 Å². The molecule has 0 bridgehead atoms. The summed E-state index contributed by atoms with van der Waals surface area (Å²) in [5.41, 5.74) is 2.34. The maximum atomic E-state index is 13.7. The third-order valence-corrected chi connectivity index (χ3v) is 4.51. The van der Waals surface area contributed by atoms with Gasteiger partial charge in [-0.05, 0) is 42.5 Å². The van der Waals surface area contributed by atoms with E-state index in [1.165, 1.54) is 22.7 Å². The zero-order valence-electron chi connectivity index (χ0n) is 12.8. The minimum atomic E-state index is -0.405. The highest BCUT2D eigenvalue weighted by molar-refractivity contribution is 8.18. The molecular formula is C18H15FN2OS. The Morgan fingerprint density at radius 2 is 1.83 bits per heavy atom. The molecule has 0 radical (unpaired) electrons. The second-order valence-corrected chi connectivity index (χ2v) is 6.24. The fraction of sp³-hybridized carbons (Fsp3) is 0.111. The number of benzene rings is 2. The van der Waals surface area contributed by atoms with E-state index in [9.17, 15) is 9.18 Å². The van der Waals surface area contributed by atoms with Crippen molar-refractivity contribution in [1.29, 1.82) is 0 Å². The molecule has 5 heteroatoms. The molecule has 2 aromatic rings. The minimum absolute atomic E-state index is 0.134. The van der Waals surface area contributed by atoms with Gasteiger partial charge in [-0.3, -0.25) is 9.69 Å². The van der Waals surface area contributed by atoms with Crippen LogP contribution in [0, 0.1) is 12.7 Å². The van der Waals surface area contributed by atoms with E-state index >= 15 is 0 Å². The zero-order chi connectivity index (χ0) is 16.4. The summed E-state index contributed by atoms with van der Waals surface area (Å²) in [5.74, 6) is -0.539. The Bertz CT molecular complexity index is 812. The highest BCUT2D eigenvalue weighted by Gasteiger charge is 2.30. The van der Waals surface area contributed by atoms with Gasteiger partial charge in [0.25, 0.3) is 5.91 Å². The lowest BCUT2D eigenvalue weighted by molar-refractivity contribution is -0.121. The normalized spacial score (nSPS) is 18.2. The van der Waals surface area contributed by atoms with Crippen LogP contribution in [-0.4, -0.2) is 23.0 Å². The molecule has 3 rings (SSSR count). The summed E-state index contributed by atoms with van der Waals surface area (Å²) in [4.78, 5) is 18.6. The SMILES string of the molecule is Cc1ccc(/C=C2/SC(=Nc3ccccc3F)N(C)C2=O)cc1. The Hall–Kier alpha value is -2.40. The van der Waals surface area contributed by atoms with Crippen LogP contribution in [-0.2, 0) is 4.79 Å². The van der Waals surface area contributed by atoms with Crippen LogP contribution in [0.4, 0.5) is 10.1 Å². The van der Waals surface area contributed by atoms with Crippen molar-refractivity contribution in [3.63, 3.8) is 0 Å². The molecule has 0 saturated carbocycles. The van der Waals surface area contributed by atoms with Gasteiger partial charge in [0.05, 0.1) is 4.91 Å². The van der Waals surface area contributed by atoms with E-state index in [1.807, 2.05) is 37.3 Å². The molecule has 1 aliphatic rings. The third-order valence-electron chi connectivity index (χ3n) is 3.45. The number of likely N-dealkylation sites (N-methyl/N-ethyl adjacent to an activating group) is 1. The average Bonchev–Trinajstić information content (AvgIpc) is 2.80. The number of thioether (sulfide) groups is 1. The molecule has 0 spiro atoms. The molecule has 1 fully saturated rings. The first kappa shape index (κ1) is 15.5. The molecule has 116 valence electrons. The summed E-state index contributed by atoms with van der Waals surface area (Å²) in [6.45, 7) is 2.01. The maximum Gasteiger partial charge on any atom is 0.266 e. The molecule has 0 N–H and O–H groups in total. The van der Waals surface area contributed by atoms with Gasteiger partial charge in [-0.2, -0.15) is 0 Å². The molecule has 0 atom stereocenters. The highest BCUT2D eigenvalue weighted by Crippen LogP contribution is 2.33. The number of carbonyl (C=O) groups excluding carboxylic acids is 1. The number of amides is 1. The van der Waals surface area contributed by atoms with E-state index < -0.39 is 5.82 Å². The maximum absolute atomic E-state index is 13.7. The molecule has 1 saturated heterocycles. The highest BCUT2D eigenvalue weighted by atomic mass is 32.2. The number of carbonyl (C=O) groups is 1. The van der Waals surface area contributed by atoms with Crippen molar-refractivity contribution in [3.05, 3.63) is 70.4 Å². The van der Waals surface area contributed by atoms with E-state index in [-0.39, 0.29) is 11.6 Å². The summed E-state index contributed by atoms with van der Waals surface area (Å²) in [6.07, 6.45) is 1.83. The van der Waals surface area contributed by atoms with Crippen LogP contribution in [0.2, 0.25) is 0 Å². The molecule has 0 aliphatic carbocycles. The summed E-state index contributed by atoms with van der Waals surface area (Å²) in [6, 6.07) is 14.2. The Kier molecular flexibility index (Phi) is 4.30. The van der Waals surface area contributed by atoms with Crippen molar-refractivity contribution in [2.45, 2.75) is 6.92 Å². The number of aliphatic imine (C=N–C) groups is 1. The topological polar surface area (TPSA) is 32.7 Å². The van der Waals surface area contributed by atoms with Crippen LogP contribution < -0.4 is 0 Å². The molecule has 2 aromatic carbocycles. The molecule has 1 amide bonds. The first-order valence-corrected chi connectivity index (χ1v) is 7.94. The lowest BCUT2D eigenvalue weighted by Gasteiger charge is -2.07. The Balaban J connectivity index is 1.91. The summed E-state index contributed by atoms with van der Waals surface area (Å²) in [5, 5.41) is 0.471. The van der Waals surface area contributed by atoms with Crippen LogP contribution in [0.1, 0.15) is 11.1 Å². The van der Waals surface area contributed by atoms with Crippen LogP contribution in [0.3, 0.4) is 0 Å². The van der Waals surface area contributed by atoms with Crippen molar-refractivity contribution < 1.29 is 9.18 Å². The first-order valence-electron chi connectivity index (χ1n) is 7.12. The van der Waals surface area contributed by atoms with Gasteiger partial charge in [-0.25, -0.2) is 9.38 Å². The van der Waals surface area contributed by atoms with E-state index in [1.54, 1.807) is 25.2 Å². The standard InChI is InChI=1S/C18H15FN2OS/c1-12-7-9-13(10-8-12)11-16-17(22)21(2)18(23-16)20-15-6-4-3-5-14(15)19/h3-11H,1-2H3/b16-11+,20-18?. The van der Waals surface area contributed by atoms with E-state index in [0.29, 0.717) is 10.1 Å². The molecule has 3 nitrogen and oxygen atoms in total. The number of para-hydroxylation sites is 1. The van der Waals surface area contributed by atoms with Crippen molar-refractivity contribution in [2.24, 2.45) is 4.99 Å². The van der Waals surface area contributed by atoms with Gasteiger partial charge in [0.1, 0.15) is 11.5 Å². The van der Waals surface area contributed by atoms with Gasteiger partial charge < -0.3 is 0 Å². The van der Waals surface area contributed by atoms with Gasteiger partial charge in [0.2, 0.25) is 0 Å². The monoisotopic (exact) mass is 326 g/mol. The predicted molar refractivity (Wildman–Crippen MR) is 93.0 cm³/mol. The lowest BCUT2D eigenvalue weighted by atomic mass is 10.1. The fourth-order valence-corrected chi connectivity index (χ4v) is 3.09. The van der Waals surface area contributed by atoms with Gasteiger partial charge in [-0.1, -0.05) is 42.0 Å². The van der Waals surface area contributed by atoms with Crippen LogP contribution in [0.25, 0.3) is 6.08 Å². The number of rotatable bonds is 2. The van der Waals surface area contributed by atoms with Crippen LogP contribution in [0.15, 0.2) is 58.4 Å².